The highest BCUT2D eigenvalue weighted by Gasteiger charge is 2.11. The van der Waals surface area contributed by atoms with E-state index in [4.69, 9.17) is 15.7 Å². The fourth-order valence-electron chi connectivity index (χ4n) is 1.89. The van der Waals surface area contributed by atoms with E-state index < -0.39 is 16.6 Å². The molecule has 0 aliphatic heterocycles. The van der Waals surface area contributed by atoms with Crippen molar-refractivity contribution in [3.63, 3.8) is 0 Å². The van der Waals surface area contributed by atoms with Gasteiger partial charge in [0.2, 0.25) is 0 Å². The normalized spacial score (nSPS) is 11.7. The largest absolute Gasteiger partial charge is 0.495 e. The van der Waals surface area contributed by atoms with Crippen LogP contribution < -0.4 is 10.5 Å². The number of benzene rings is 2. The van der Waals surface area contributed by atoms with Crippen molar-refractivity contribution in [2.24, 2.45) is 0 Å². The Kier molecular flexibility index (Phi) is 4.55. The molecule has 0 saturated heterocycles. The number of anilines is 1. The molecule has 0 saturated carbocycles. The molecule has 4 nitrogen and oxygen atoms in total. The summed E-state index contributed by atoms with van der Waals surface area (Å²) in [6, 6.07) is 10.8. The molecule has 0 aliphatic carbocycles. The van der Waals surface area contributed by atoms with Gasteiger partial charge in [-0.3, -0.25) is 4.21 Å². The summed E-state index contributed by atoms with van der Waals surface area (Å²) in [4.78, 5) is 0.380. The standard InChI is InChI=1S/C15H13FN2O2S/c1-20-14-4-2-10(6-11(14)8-17)9-21(19)15-5-3-12(16)7-13(15)18/h2-7H,9,18H2,1H3. The van der Waals surface area contributed by atoms with Gasteiger partial charge in [-0.15, -0.1) is 0 Å². The second-order valence-corrected chi connectivity index (χ2v) is 5.74. The Balaban J connectivity index is 2.26. The van der Waals surface area contributed by atoms with Crippen LogP contribution in [0.1, 0.15) is 11.1 Å². The highest BCUT2D eigenvalue weighted by molar-refractivity contribution is 7.84. The van der Waals surface area contributed by atoms with Gasteiger partial charge in [-0.2, -0.15) is 5.26 Å². The Morgan fingerprint density at radius 2 is 2.10 bits per heavy atom. The molecule has 108 valence electrons. The van der Waals surface area contributed by atoms with E-state index in [0.717, 1.165) is 11.6 Å². The summed E-state index contributed by atoms with van der Waals surface area (Å²) in [5.41, 5.74) is 6.92. The number of ether oxygens (including phenoxy) is 1. The number of methoxy groups -OCH3 is 1. The first-order valence-corrected chi connectivity index (χ1v) is 7.37. The van der Waals surface area contributed by atoms with Gasteiger partial charge in [0.15, 0.2) is 0 Å². The number of hydrogen-bond donors (Lipinski definition) is 1. The van der Waals surface area contributed by atoms with Gasteiger partial charge in [-0.25, -0.2) is 4.39 Å². The molecular formula is C15H13FN2O2S. The lowest BCUT2D eigenvalue weighted by molar-refractivity contribution is 0.413. The predicted octanol–water partition coefficient (Wildman–Crippen LogP) is 2.60. The maximum atomic E-state index is 13.0. The molecule has 0 spiro atoms. The maximum Gasteiger partial charge on any atom is 0.136 e. The number of nitrogens with two attached hydrogens (primary N) is 1. The minimum Gasteiger partial charge on any atom is -0.495 e. The molecule has 0 aromatic heterocycles. The fraction of sp³-hybridized carbons (Fsp3) is 0.133. The predicted molar refractivity (Wildman–Crippen MR) is 78.6 cm³/mol. The SMILES string of the molecule is COc1ccc(CS(=O)c2ccc(F)cc2N)cc1C#N. The molecule has 21 heavy (non-hydrogen) atoms. The average Bonchev–Trinajstić information content (AvgIpc) is 2.46. The quantitative estimate of drug-likeness (QED) is 0.881. The van der Waals surface area contributed by atoms with Gasteiger partial charge in [-0.05, 0) is 35.9 Å². The lowest BCUT2D eigenvalue weighted by Gasteiger charge is -2.08. The van der Waals surface area contributed by atoms with Crippen molar-refractivity contribution < 1.29 is 13.3 Å². The summed E-state index contributed by atoms with van der Waals surface area (Å²) in [7, 11) is 0.0644. The summed E-state index contributed by atoms with van der Waals surface area (Å²) in [6.45, 7) is 0. The van der Waals surface area contributed by atoms with Crippen molar-refractivity contribution in [3.05, 3.63) is 53.3 Å². The molecule has 0 bridgehead atoms. The van der Waals surface area contributed by atoms with Crippen LogP contribution in [0.3, 0.4) is 0 Å². The van der Waals surface area contributed by atoms with Crippen LogP contribution in [0.25, 0.3) is 0 Å². The van der Waals surface area contributed by atoms with E-state index in [1.807, 2.05) is 6.07 Å². The highest BCUT2D eigenvalue weighted by Crippen LogP contribution is 2.23. The zero-order chi connectivity index (χ0) is 15.4. The van der Waals surface area contributed by atoms with Crippen molar-refractivity contribution in [3.8, 4) is 11.8 Å². The van der Waals surface area contributed by atoms with Gasteiger partial charge in [0.25, 0.3) is 0 Å². The van der Waals surface area contributed by atoms with Crippen molar-refractivity contribution >= 4 is 16.5 Å². The number of nitrogen functional groups attached to an aromatic ring is 1. The van der Waals surface area contributed by atoms with Gasteiger partial charge >= 0.3 is 0 Å². The fourth-order valence-corrected chi connectivity index (χ4v) is 3.07. The molecule has 1 atom stereocenters. The van der Waals surface area contributed by atoms with E-state index in [2.05, 4.69) is 0 Å². The summed E-state index contributed by atoms with van der Waals surface area (Å²) in [5.74, 6) is 0.187. The molecule has 1 unspecified atom stereocenters. The average molecular weight is 304 g/mol. The van der Waals surface area contributed by atoms with Crippen molar-refractivity contribution in [1.29, 1.82) is 5.26 Å². The van der Waals surface area contributed by atoms with Crippen LogP contribution in [-0.2, 0) is 16.6 Å². The van der Waals surface area contributed by atoms with Crippen molar-refractivity contribution in [2.45, 2.75) is 10.6 Å². The Labute approximate surface area is 124 Å². The molecule has 0 amide bonds. The Bertz CT molecular complexity index is 741. The van der Waals surface area contributed by atoms with E-state index in [-0.39, 0.29) is 11.4 Å². The molecule has 2 aromatic carbocycles. The smallest absolute Gasteiger partial charge is 0.136 e. The summed E-state index contributed by atoms with van der Waals surface area (Å²) in [6.07, 6.45) is 0. The van der Waals surface area contributed by atoms with Crippen LogP contribution in [-0.4, -0.2) is 11.3 Å². The first-order valence-electron chi connectivity index (χ1n) is 6.05. The third kappa shape index (κ3) is 3.38. The lowest BCUT2D eigenvalue weighted by atomic mass is 10.1. The first-order chi connectivity index (χ1) is 10.0. The Hall–Kier alpha value is -2.39. The van der Waals surface area contributed by atoms with E-state index >= 15 is 0 Å². The van der Waals surface area contributed by atoms with Gasteiger partial charge < -0.3 is 10.5 Å². The van der Waals surface area contributed by atoms with Crippen LogP contribution in [0.15, 0.2) is 41.3 Å². The molecule has 0 radical (unpaired) electrons. The minimum absolute atomic E-state index is 0.155. The lowest BCUT2D eigenvalue weighted by Crippen LogP contribution is -2.02. The van der Waals surface area contributed by atoms with E-state index in [1.54, 1.807) is 18.2 Å². The van der Waals surface area contributed by atoms with Crippen molar-refractivity contribution in [2.75, 3.05) is 12.8 Å². The topological polar surface area (TPSA) is 76.1 Å². The van der Waals surface area contributed by atoms with Crippen LogP contribution in [0.2, 0.25) is 0 Å². The molecular weight excluding hydrogens is 291 g/mol. The van der Waals surface area contributed by atoms with Gasteiger partial charge in [0, 0.05) is 0 Å². The van der Waals surface area contributed by atoms with Crippen molar-refractivity contribution in [1.82, 2.24) is 0 Å². The summed E-state index contributed by atoms with van der Waals surface area (Å²) in [5, 5.41) is 9.03. The van der Waals surface area contributed by atoms with Crippen LogP contribution in [0.5, 0.6) is 5.75 Å². The van der Waals surface area contributed by atoms with E-state index in [9.17, 15) is 8.60 Å². The molecule has 0 heterocycles. The Morgan fingerprint density at radius 1 is 1.33 bits per heavy atom. The third-order valence-electron chi connectivity index (χ3n) is 2.90. The minimum atomic E-state index is -1.41. The maximum absolute atomic E-state index is 13.0. The molecule has 2 rings (SSSR count). The number of hydrogen-bond acceptors (Lipinski definition) is 4. The second kappa shape index (κ2) is 6.37. The van der Waals surface area contributed by atoms with Gasteiger partial charge in [0.05, 0.1) is 39.8 Å². The summed E-state index contributed by atoms with van der Waals surface area (Å²) >= 11 is 0. The van der Waals surface area contributed by atoms with Gasteiger partial charge in [-0.1, -0.05) is 6.07 Å². The number of halogens is 1. The first kappa shape index (κ1) is 15.0. The second-order valence-electron chi connectivity index (χ2n) is 4.32. The number of rotatable bonds is 4. The zero-order valence-electron chi connectivity index (χ0n) is 11.3. The number of nitriles is 1. The molecule has 0 fully saturated rings. The Morgan fingerprint density at radius 3 is 2.71 bits per heavy atom. The van der Waals surface area contributed by atoms with Gasteiger partial charge in [0.1, 0.15) is 17.6 Å². The van der Waals surface area contributed by atoms with Crippen LogP contribution in [0, 0.1) is 17.1 Å². The molecule has 2 aromatic rings. The summed E-state index contributed by atoms with van der Waals surface area (Å²) < 4.78 is 30.3. The third-order valence-corrected chi connectivity index (χ3v) is 4.36. The molecule has 0 aliphatic rings. The van der Waals surface area contributed by atoms with Crippen LogP contribution >= 0.6 is 0 Å². The van der Waals surface area contributed by atoms with Crippen LogP contribution in [0.4, 0.5) is 10.1 Å². The highest BCUT2D eigenvalue weighted by atomic mass is 32.2. The van der Waals surface area contributed by atoms with E-state index in [0.29, 0.717) is 16.2 Å². The molecule has 2 N–H and O–H groups in total. The van der Waals surface area contributed by atoms with E-state index in [1.165, 1.54) is 19.2 Å². The number of nitrogens with zero attached hydrogens (tertiary/aromatic N) is 1. The molecule has 6 heteroatoms. The monoisotopic (exact) mass is 304 g/mol. The zero-order valence-corrected chi connectivity index (χ0v) is 12.1.